The summed E-state index contributed by atoms with van der Waals surface area (Å²) in [5.41, 5.74) is 0.180. The van der Waals surface area contributed by atoms with E-state index in [1.807, 2.05) is 13.8 Å². The number of halogens is 3. The Balaban J connectivity index is 2.59. The van der Waals surface area contributed by atoms with Crippen LogP contribution in [0.4, 0.5) is 8.78 Å². The Hall–Kier alpha value is -1.16. The Morgan fingerprint density at radius 1 is 1.39 bits per heavy atom. The van der Waals surface area contributed by atoms with E-state index in [2.05, 4.69) is 5.32 Å². The minimum Gasteiger partial charge on any atom is -0.353 e. The molecule has 0 saturated carbocycles. The van der Waals surface area contributed by atoms with Crippen LogP contribution in [-0.4, -0.2) is 17.8 Å². The average Bonchev–Trinajstić information content (AvgIpc) is 2.31. The van der Waals surface area contributed by atoms with Crippen LogP contribution in [0.25, 0.3) is 0 Å². The van der Waals surface area contributed by atoms with Crippen LogP contribution in [0.1, 0.15) is 19.4 Å². The molecular weight excluding hydrogens is 260 g/mol. The fourth-order valence-corrected chi connectivity index (χ4v) is 1.69. The van der Waals surface area contributed by atoms with E-state index < -0.39 is 11.6 Å². The van der Waals surface area contributed by atoms with Crippen LogP contribution in [0.5, 0.6) is 0 Å². The highest BCUT2D eigenvalue weighted by atomic mass is 35.5. The van der Waals surface area contributed by atoms with Crippen LogP contribution < -0.4 is 5.32 Å². The molecular formula is C13H16ClF2NO. The molecule has 0 aliphatic heterocycles. The molecule has 0 radical (unpaired) electrons. The SMILES string of the molecule is CC(CCl)C(C)NC(=O)Cc1ccc(F)cc1F. The first kappa shape index (κ1) is 14.9. The number of amides is 1. The quantitative estimate of drug-likeness (QED) is 0.823. The summed E-state index contributed by atoms with van der Waals surface area (Å²) in [5, 5.41) is 2.74. The fraction of sp³-hybridized carbons (Fsp3) is 0.462. The summed E-state index contributed by atoms with van der Waals surface area (Å²) in [4.78, 5) is 11.7. The van der Waals surface area contributed by atoms with Crippen LogP contribution in [0.3, 0.4) is 0 Å². The lowest BCUT2D eigenvalue weighted by Crippen LogP contribution is -2.38. The van der Waals surface area contributed by atoms with Crippen LogP contribution in [0.15, 0.2) is 18.2 Å². The second-order valence-corrected chi connectivity index (χ2v) is 4.71. The highest BCUT2D eigenvalue weighted by Crippen LogP contribution is 2.11. The zero-order valence-corrected chi connectivity index (χ0v) is 11.1. The second kappa shape index (κ2) is 6.69. The van der Waals surface area contributed by atoms with E-state index in [9.17, 15) is 13.6 Å². The van der Waals surface area contributed by atoms with Crippen molar-refractivity contribution in [1.82, 2.24) is 5.32 Å². The van der Waals surface area contributed by atoms with Gasteiger partial charge in [-0.25, -0.2) is 8.78 Å². The number of rotatable bonds is 5. The zero-order valence-electron chi connectivity index (χ0n) is 10.3. The van der Waals surface area contributed by atoms with E-state index in [1.165, 1.54) is 6.07 Å². The Kier molecular flexibility index (Phi) is 5.54. The van der Waals surface area contributed by atoms with Crippen LogP contribution in [-0.2, 0) is 11.2 Å². The van der Waals surface area contributed by atoms with Crippen molar-refractivity contribution in [3.8, 4) is 0 Å². The number of hydrogen-bond acceptors (Lipinski definition) is 1. The molecule has 2 nitrogen and oxygen atoms in total. The maximum atomic E-state index is 13.3. The molecule has 0 saturated heterocycles. The molecule has 0 bridgehead atoms. The number of carbonyl (C=O) groups is 1. The minimum absolute atomic E-state index is 0.0847. The van der Waals surface area contributed by atoms with Crippen molar-refractivity contribution in [2.75, 3.05) is 5.88 Å². The molecule has 5 heteroatoms. The van der Waals surface area contributed by atoms with Crippen molar-refractivity contribution < 1.29 is 13.6 Å². The Morgan fingerprint density at radius 2 is 2.06 bits per heavy atom. The monoisotopic (exact) mass is 275 g/mol. The van der Waals surface area contributed by atoms with Crippen molar-refractivity contribution in [3.63, 3.8) is 0 Å². The molecule has 0 spiro atoms. The molecule has 1 rings (SSSR count). The molecule has 1 N–H and O–H groups in total. The van der Waals surface area contributed by atoms with E-state index in [0.29, 0.717) is 5.88 Å². The van der Waals surface area contributed by atoms with Gasteiger partial charge in [0.15, 0.2) is 0 Å². The Labute approximate surface area is 110 Å². The lowest BCUT2D eigenvalue weighted by atomic mass is 10.1. The largest absolute Gasteiger partial charge is 0.353 e. The first-order chi connectivity index (χ1) is 8.43. The lowest BCUT2D eigenvalue weighted by molar-refractivity contribution is -0.121. The van der Waals surface area contributed by atoms with Gasteiger partial charge >= 0.3 is 0 Å². The topological polar surface area (TPSA) is 29.1 Å². The normalized spacial score (nSPS) is 14.1. The lowest BCUT2D eigenvalue weighted by Gasteiger charge is -2.19. The van der Waals surface area contributed by atoms with Gasteiger partial charge in [-0.05, 0) is 24.5 Å². The van der Waals surface area contributed by atoms with E-state index in [4.69, 9.17) is 11.6 Å². The molecule has 0 aliphatic rings. The smallest absolute Gasteiger partial charge is 0.224 e. The number of carbonyl (C=O) groups excluding carboxylic acids is 1. The van der Waals surface area contributed by atoms with Crippen molar-refractivity contribution in [1.29, 1.82) is 0 Å². The number of nitrogens with one attached hydrogen (secondary N) is 1. The highest BCUT2D eigenvalue weighted by Gasteiger charge is 2.15. The van der Waals surface area contributed by atoms with Gasteiger partial charge in [-0.1, -0.05) is 13.0 Å². The fourth-order valence-electron chi connectivity index (χ4n) is 1.42. The van der Waals surface area contributed by atoms with Gasteiger partial charge in [0.2, 0.25) is 5.91 Å². The minimum atomic E-state index is -0.705. The number of hydrogen-bond donors (Lipinski definition) is 1. The van der Waals surface area contributed by atoms with Crippen molar-refractivity contribution in [3.05, 3.63) is 35.4 Å². The summed E-state index contributed by atoms with van der Waals surface area (Å²) < 4.78 is 26.0. The maximum absolute atomic E-state index is 13.3. The standard InChI is InChI=1S/C13H16ClF2NO/c1-8(7-14)9(2)17-13(18)5-10-3-4-11(15)6-12(10)16/h3-4,6,8-9H,5,7H2,1-2H3,(H,17,18). The van der Waals surface area contributed by atoms with Gasteiger partial charge < -0.3 is 5.32 Å². The Morgan fingerprint density at radius 3 is 2.61 bits per heavy atom. The third-order valence-electron chi connectivity index (χ3n) is 2.85. The summed E-state index contributed by atoms with van der Waals surface area (Å²) in [6.45, 7) is 3.75. The van der Waals surface area contributed by atoms with Gasteiger partial charge in [0.25, 0.3) is 0 Å². The third-order valence-corrected chi connectivity index (χ3v) is 3.34. The van der Waals surface area contributed by atoms with Crippen LogP contribution in [0, 0.1) is 17.6 Å². The van der Waals surface area contributed by atoms with Crippen molar-refractivity contribution in [2.24, 2.45) is 5.92 Å². The average molecular weight is 276 g/mol. The van der Waals surface area contributed by atoms with Gasteiger partial charge in [0.1, 0.15) is 11.6 Å². The molecule has 0 heterocycles. The third kappa shape index (κ3) is 4.26. The molecule has 100 valence electrons. The van der Waals surface area contributed by atoms with E-state index in [0.717, 1.165) is 12.1 Å². The van der Waals surface area contributed by atoms with Crippen LogP contribution >= 0.6 is 11.6 Å². The van der Waals surface area contributed by atoms with Gasteiger partial charge in [0, 0.05) is 18.0 Å². The summed E-state index contributed by atoms with van der Waals surface area (Å²) in [6.07, 6.45) is -0.106. The molecule has 0 aromatic heterocycles. The molecule has 1 aromatic rings. The van der Waals surface area contributed by atoms with Crippen molar-refractivity contribution in [2.45, 2.75) is 26.3 Å². The van der Waals surface area contributed by atoms with Gasteiger partial charge in [-0.3, -0.25) is 4.79 Å². The number of alkyl halides is 1. The first-order valence-corrected chi connectivity index (χ1v) is 6.26. The summed E-state index contributed by atoms with van der Waals surface area (Å²) in [7, 11) is 0. The highest BCUT2D eigenvalue weighted by molar-refractivity contribution is 6.18. The second-order valence-electron chi connectivity index (χ2n) is 4.40. The van der Waals surface area contributed by atoms with Crippen molar-refractivity contribution >= 4 is 17.5 Å². The predicted molar refractivity (Wildman–Crippen MR) is 67.6 cm³/mol. The first-order valence-electron chi connectivity index (χ1n) is 5.73. The van der Waals surface area contributed by atoms with Gasteiger partial charge in [-0.2, -0.15) is 0 Å². The summed E-state index contributed by atoms with van der Waals surface area (Å²) in [5.74, 6) is -1.09. The van der Waals surface area contributed by atoms with E-state index in [1.54, 1.807) is 0 Å². The van der Waals surface area contributed by atoms with E-state index >= 15 is 0 Å². The Bertz CT molecular complexity index is 425. The molecule has 18 heavy (non-hydrogen) atoms. The zero-order chi connectivity index (χ0) is 13.7. The molecule has 1 aromatic carbocycles. The predicted octanol–water partition coefficient (Wildman–Crippen LogP) is 2.89. The molecule has 2 unspecified atom stereocenters. The molecule has 1 amide bonds. The molecule has 2 atom stereocenters. The van der Waals surface area contributed by atoms with Crippen LogP contribution in [0.2, 0.25) is 0 Å². The number of benzene rings is 1. The van der Waals surface area contributed by atoms with Gasteiger partial charge in [0.05, 0.1) is 6.42 Å². The van der Waals surface area contributed by atoms with Gasteiger partial charge in [-0.15, -0.1) is 11.6 Å². The maximum Gasteiger partial charge on any atom is 0.224 e. The molecule has 0 fully saturated rings. The van der Waals surface area contributed by atoms with E-state index in [-0.39, 0.29) is 29.9 Å². The summed E-state index contributed by atoms with van der Waals surface area (Å²) >= 11 is 5.68. The summed E-state index contributed by atoms with van der Waals surface area (Å²) in [6, 6.07) is 3.10. The molecule has 0 aliphatic carbocycles.